The van der Waals surface area contributed by atoms with E-state index in [0.717, 1.165) is 4.47 Å². The third-order valence-electron chi connectivity index (χ3n) is 4.43. The molecule has 0 fully saturated rings. The molecule has 0 aliphatic rings. The average molecular weight is 451 g/mol. The zero-order valence-electron chi connectivity index (χ0n) is 15.9. The lowest BCUT2D eigenvalue weighted by molar-refractivity contribution is 0.0779. The molecule has 1 aromatic heterocycles. The van der Waals surface area contributed by atoms with E-state index in [1.54, 1.807) is 31.3 Å². The lowest BCUT2D eigenvalue weighted by Gasteiger charge is -2.17. The topological polar surface area (TPSA) is 63.8 Å². The van der Waals surface area contributed by atoms with Gasteiger partial charge in [-0.2, -0.15) is 0 Å². The number of carbonyl (C=O) groups is 1. The lowest BCUT2D eigenvalue weighted by Crippen LogP contribution is -2.26. The largest absolute Gasteiger partial charge is 0.496 e. The number of hydrogen-bond acceptors (Lipinski definition) is 4. The molecule has 1 N–H and O–H groups in total. The van der Waals surface area contributed by atoms with Crippen molar-refractivity contribution in [1.82, 2.24) is 9.88 Å². The van der Waals surface area contributed by atoms with E-state index in [1.165, 1.54) is 32.3 Å². The van der Waals surface area contributed by atoms with E-state index in [4.69, 9.17) is 14.2 Å². The van der Waals surface area contributed by atoms with Crippen LogP contribution in [0, 0.1) is 5.82 Å². The van der Waals surface area contributed by atoms with E-state index in [0.29, 0.717) is 39.4 Å². The number of nitrogens with one attached hydrogen (secondary N) is 1. The molecule has 1 amide bonds. The van der Waals surface area contributed by atoms with Crippen molar-refractivity contribution in [1.29, 1.82) is 0 Å². The van der Waals surface area contributed by atoms with Gasteiger partial charge in [-0.1, -0.05) is 15.9 Å². The lowest BCUT2D eigenvalue weighted by atomic mass is 10.2. The summed E-state index contributed by atoms with van der Waals surface area (Å²) in [5.74, 6) is 0.838. The molecule has 8 heteroatoms. The predicted molar refractivity (Wildman–Crippen MR) is 108 cm³/mol. The number of rotatable bonds is 6. The number of fused-ring (bicyclic) bond motifs is 1. The maximum absolute atomic E-state index is 14.0. The summed E-state index contributed by atoms with van der Waals surface area (Å²) >= 11 is 3.32. The molecule has 0 saturated heterocycles. The zero-order valence-corrected chi connectivity index (χ0v) is 17.5. The summed E-state index contributed by atoms with van der Waals surface area (Å²) in [5.41, 5.74) is 1.33. The van der Waals surface area contributed by atoms with Crippen molar-refractivity contribution in [2.75, 3.05) is 28.4 Å². The minimum atomic E-state index is -0.368. The summed E-state index contributed by atoms with van der Waals surface area (Å²) in [4.78, 5) is 17.4. The van der Waals surface area contributed by atoms with Gasteiger partial charge in [0.05, 0.1) is 26.8 Å². The van der Waals surface area contributed by atoms with Gasteiger partial charge in [-0.05, 0) is 24.3 Å². The Kier molecular flexibility index (Phi) is 5.79. The number of ether oxygens (including phenoxy) is 3. The highest BCUT2D eigenvalue weighted by atomic mass is 79.9. The van der Waals surface area contributed by atoms with Crippen LogP contribution in [-0.4, -0.2) is 44.2 Å². The molecule has 28 heavy (non-hydrogen) atoms. The van der Waals surface area contributed by atoms with Crippen LogP contribution in [0.5, 0.6) is 17.2 Å². The number of aromatic nitrogens is 1. The molecular weight excluding hydrogens is 431 g/mol. The number of nitrogens with zero attached hydrogens (tertiary/aromatic N) is 1. The Morgan fingerprint density at radius 3 is 2.46 bits per heavy atom. The summed E-state index contributed by atoms with van der Waals surface area (Å²) in [7, 11) is 6.20. The Morgan fingerprint density at radius 2 is 1.82 bits per heavy atom. The monoisotopic (exact) mass is 450 g/mol. The van der Waals surface area contributed by atoms with Gasteiger partial charge >= 0.3 is 0 Å². The normalized spacial score (nSPS) is 10.8. The van der Waals surface area contributed by atoms with Crippen molar-refractivity contribution >= 4 is 32.7 Å². The van der Waals surface area contributed by atoms with Gasteiger partial charge in [0.2, 0.25) is 0 Å². The van der Waals surface area contributed by atoms with Crippen LogP contribution in [0.25, 0.3) is 10.9 Å². The van der Waals surface area contributed by atoms with Crippen LogP contribution in [0.4, 0.5) is 4.39 Å². The Morgan fingerprint density at radius 1 is 1.11 bits per heavy atom. The molecule has 6 nitrogen and oxygen atoms in total. The first-order chi connectivity index (χ1) is 13.4. The summed E-state index contributed by atoms with van der Waals surface area (Å²) in [6, 6.07) is 8.02. The quantitative estimate of drug-likeness (QED) is 0.605. The molecule has 3 aromatic rings. The van der Waals surface area contributed by atoms with Crippen LogP contribution in [0.1, 0.15) is 16.1 Å². The third kappa shape index (κ3) is 3.64. The minimum Gasteiger partial charge on any atom is -0.496 e. The molecule has 0 saturated carbocycles. The molecule has 0 bridgehead atoms. The molecule has 0 aliphatic heterocycles. The summed E-state index contributed by atoms with van der Waals surface area (Å²) in [6.45, 7) is 0.122. The summed E-state index contributed by atoms with van der Waals surface area (Å²) in [5, 5.41) is 0.686. The summed E-state index contributed by atoms with van der Waals surface area (Å²) in [6.07, 6.45) is 0. The number of amides is 1. The number of methoxy groups -OCH3 is 3. The van der Waals surface area contributed by atoms with Gasteiger partial charge in [0.1, 0.15) is 17.3 Å². The molecule has 0 radical (unpaired) electrons. The van der Waals surface area contributed by atoms with Crippen LogP contribution >= 0.6 is 15.9 Å². The van der Waals surface area contributed by atoms with Crippen molar-refractivity contribution in [2.24, 2.45) is 0 Å². The van der Waals surface area contributed by atoms with Crippen molar-refractivity contribution in [3.63, 3.8) is 0 Å². The van der Waals surface area contributed by atoms with Gasteiger partial charge in [-0.25, -0.2) is 4.39 Å². The van der Waals surface area contributed by atoms with Gasteiger partial charge in [-0.3, -0.25) is 4.79 Å². The highest BCUT2D eigenvalue weighted by Crippen LogP contribution is 2.41. The van der Waals surface area contributed by atoms with E-state index < -0.39 is 0 Å². The first-order valence-electron chi connectivity index (χ1n) is 8.40. The molecule has 1 heterocycles. The molecular formula is C20H20BrFN2O4. The second-order valence-electron chi connectivity index (χ2n) is 6.18. The van der Waals surface area contributed by atoms with Crippen molar-refractivity contribution in [2.45, 2.75) is 6.54 Å². The van der Waals surface area contributed by atoms with Gasteiger partial charge in [0.15, 0.2) is 11.5 Å². The SMILES string of the molecule is COc1cc(OC)c2cc(C(=O)N(C)Cc3cc(Br)ccc3F)[nH]c2c1OC. The van der Waals surface area contributed by atoms with Gasteiger partial charge in [-0.15, -0.1) is 0 Å². The Hall–Kier alpha value is -2.74. The first-order valence-corrected chi connectivity index (χ1v) is 9.20. The second-order valence-corrected chi connectivity index (χ2v) is 7.10. The maximum Gasteiger partial charge on any atom is 0.270 e. The predicted octanol–water partition coefficient (Wildman–Crippen LogP) is 4.37. The molecule has 0 unspecified atom stereocenters. The van der Waals surface area contributed by atoms with E-state index in [2.05, 4.69) is 20.9 Å². The number of halogens is 2. The fraction of sp³-hybridized carbons (Fsp3) is 0.250. The Labute approximate surface area is 170 Å². The van der Waals surface area contributed by atoms with Gasteiger partial charge in [0, 0.05) is 35.1 Å². The Bertz CT molecular complexity index is 1030. The number of carbonyl (C=O) groups excluding carboxylic acids is 1. The second kappa shape index (κ2) is 8.10. The van der Waals surface area contributed by atoms with Crippen molar-refractivity contribution < 1.29 is 23.4 Å². The highest BCUT2D eigenvalue weighted by molar-refractivity contribution is 9.10. The maximum atomic E-state index is 14.0. The van der Waals surface area contributed by atoms with E-state index >= 15 is 0 Å². The van der Waals surface area contributed by atoms with Crippen LogP contribution in [-0.2, 0) is 6.54 Å². The van der Waals surface area contributed by atoms with Crippen molar-refractivity contribution in [3.8, 4) is 17.2 Å². The Balaban J connectivity index is 1.98. The molecule has 0 aliphatic carbocycles. The molecule has 0 atom stereocenters. The van der Waals surface area contributed by atoms with Crippen LogP contribution in [0.2, 0.25) is 0 Å². The number of hydrogen-bond donors (Lipinski definition) is 1. The van der Waals surface area contributed by atoms with E-state index in [9.17, 15) is 9.18 Å². The van der Waals surface area contributed by atoms with Gasteiger partial charge in [0.25, 0.3) is 5.91 Å². The van der Waals surface area contributed by atoms with E-state index in [1.807, 2.05) is 0 Å². The van der Waals surface area contributed by atoms with Crippen molar-refractivity contribution in [3.05, 3.63) is 51.9 Å². The van der Waals surface area contributed by atoms with Crippen LogP contribution in [0.3, 0.4) is 0 Å². The zero-order chi connectivity index (χ0) is 20.4. The number of benzene rings is 2. The highest BCUT2D eigenvalue weighted by Gasteiger charge is 2.21. The standard InChI is InChI=1S/C20H20BrFN2O4/c1-24(10-11-7-12(21)5-6-14(11)22)20(25)15-8-13-16(26-2)9-17(27-3)19(28-4)18(13)23-15/h5-9,23H,10H2,1-4H3. The molecule has 0 spiro atoms. The fourth-order valence-corrected chi connectivity index (χ4v) is 3.46. The molecule has 3 rings (SSSR count). The average Bonchev–Trinajstić information content (AvgIpc) is 3.13. The smallest absolute Gasteiger partial charge is 0.270 e. The van der Waals surface area contributed by atoms with E-state index in [-0.39, 0.29) is 18.3 Å². The van der Waals surface area contributed by atoms with Gasteiger partial charge < -0.3 is 24.1 Å². The fourth-order valence-electron chi connectivity index (χ4n) is 3.05. The molecule has 148 valence electrons. The summed E-state index contributed by atoms with van der Waals surface area (Å²) < 4.78 is 31.0. The van der Waals surface area contributed by atoms with Crippen LogP contribution in [0.15, 0.2) is 34.8 Å². The molecule has 2 aromatic carbocycles. The van der Waals surface area contributed by atoms with Crippen LogP contribution < -0.4 is 14.2 Å². The first kappa shape index (κ1) is 20.0. The third-order valence-corrected chi connectivity index (χ3v) is 4.93. The minimum absolute atomic E-state index is 0.122. The number of aromatic amines is 1. The number of H-pyrrole nitrogens is 1.